The molecule has 1 aromatic heterocycles. The van der Waals surface area contributed by atoms with Crippen LogP contribution in [0.15, 0.2) is 42.7 Å². The molecular weight excluding hydrogens is 404 g/mol. The number of rotatable bonds is 5. The molecule has 4 rings (SSSR count). The molecule has 2 saturated heterocycles. The van der Waals surface area contributed by atoms with Crippen LogP contribution in [0.25, 0.3) is 0 Å². The van der Waals surface area contributed by atoms with E-state index in [-0.39, 0.29) is 35.5 Å². The van der Waals surface area contributed by atoms with Crippen molar-refractivity contribution >= 4 is 40.6 Å². The summed E-state index contributed by atoms with van der Waals surface area (Å²) in [6.45, 7) is 1.77. The minimum absolute atomic E-state index is 0.00604. The van der Waals surface area contributed by atoms with Crippen LogP contribution in [0.4, 0.5) is 21.2 Å². The molecule has 2 aromatic rings. The van der Waals surface area contributed by atoms with Gasteiger partial charge in [0.1, 0.15) is 0 Å². The smallest absolute Gasteiger partial charge is 0.319 e. The summed E-state index contributed by atoms with van der Waals surface area (Å²) in [7, 11) is 0. The van der Waals surface area contributed by atoms with E-state index in [1.165, 1.54) is 4.90 Å². The second kappa shape index (κ2) is 9.12. The first-order chi connectivity index (χ1) is 14.6. The Morgan fingerprint density at radius 3 is 2.63 bits per heavy atom. The van der Waals surface area contributed by atoms with Gasteiger partial charge in [0.2, 0.25) is 11.9 Å². The lowest BCUT2D eigenvalue weighted by Gasteiger charge is -2.33. The predicted molar refractivity (Wildman–Crippen MR) is 114 cm³/mol. The minimum atomic E-state index is -0.273. The van der Waals surface area contributed by atoms with Crippen molar-refractivity contribution in [3.8, 4) is 0 Å². The number of imide groups is 1. The number of thioether (sulfide) groups is 1. The molecule has 4 amide bonds. The third-order valence-corrected chi connectivity index (χ3v) is 5.84. The highest BCUT2D eigenvalue weighted by molar-refractivity contribution is 8.14. The number of carbonyl (C=O) groups is 3. The molecule has 1 unspecified atom stereocenters. The van der Waals surface area contributed by atoms with Crippen LogP contribution in [-0.4, -0.2) is 56.9 Å². The summed E-state index contributed by atoms with van der Waals surface area (Å²) >= 11 is 1.02. The second-order valence-corrected chi connectivity index (χ2v) is 8.09. The highest BCUT2D eigenvalue weighted by atomic mass is 32.2. The zero-order chi connectivity index (χ0) is 20.9. The third kappa shape index (κ3) is 4.88. The number of amides is 4. The zero-order valence-corrected chi connectivity index (χ0v) is 17.1. The Hall–Kier alpha value is -3.14. The molecule has 2 aliphatic heterocycles. The number of anilines is 2. The average Bonchev–Trinajstić information content (AvgIpc) is 3.08. The van der Waals surface area contributed by atoms with Gasteiger partial charge < -0.3 is 15.5 Å². The molecule has 10 heteroatoms. The van der Waals surface area contributed by atoms with Crippen LogP contribution >= 0.6 is 11.8 Å². The lowest BCUT2D eigenvalue weighted by molar-refractivity contribution is -0.125. The van der Waals surface area contributed by atoms with Gasteiger partial charge >= 0.3 is 6.03 Å². The van der Waals surface area contributed by atoms with Gasteiger partial charge in [-0.1, -0.05) is 23.9 Å². The van der Waals surface area contributed by atoms with E-state index in [1.54, 1.807) is 42.7 Å². The number of piperidine rings is 1. The van der Waals surface area contributed by atoms with Gasteiger partial charge in [0, 0.05) is 37.2 Å². The van der Waals surface area contributed by atoms with Gasteiger partial charge in [0.05, 0.1) is 12.3 Å². The van der Waals surface area contributed by atoms with Crippen LogP contribution in [0.3, 0.4) is 0 Å². The molecule has 2 N–H and O–H groups in total. The van der Waals surface area contributed by atoms with E-state index < -0.39 is 0 Å². The Morgan fingerprint density at radius 2 is 1.93 bits per heavy atom. The first kappa shape index (κ1) is 20.1. The molecule has 156 valence electrons. The quantitative estimate of drug-likeness (QED) is 0.756. The Morgan fingerprint density at radius 1 is 1.17 bits per heavy atom. The van der Waals surface area contributed by atoms with E-state index in [4.69, 9.17) is 0 Å². The number of aromatic nitrogens is 2. The monoisotopic (exact) mass is 426 g/mol. The van der Waals surface area contributed by atoms with E-state index in [0.717, 1.165) is 36.7 Å². The van der Waals surface area contributed by atoms with Gasteiger partial charge in [-0.25, -0.2) is 14.8 Å². The zero-order valence-electron chi connectivity index (χ0n) is 16.3. The van der Waals surface area contributed by atoms with E-state index in [1.807, 2.05) is 0 Å². The molecule has 0 bridgehead atoms. The number of carbonyl (C=O) groups excluding carboxylic acids is 3. The highest BCUT2D eigenvalue weighted by Gasteiger charge is 2.29. The number of hydrogen-bond donors (Lipinski definition) is 2. The van der Waals surface area contributed by atoms with E-state index in [2.05, 4.69) is 25.5 Å². The van der Waals surface area contributed by atoms with Crippen LogP contribution in [-0.2, 0) is 11.3 Å². The molecule has 2 aliphatic rings. The summed E-state index contributed by atoms with van der Waals surface area (Å²) in [4.78, 5) is 47.7. The first-order valence-corrected chi connectivity index (χ1v) is 10.7. The average molecular weight is 427 g/mol. The van der Waals surface area contributed by atoms with Gasteiger partial charge in [0.25, 0.3) is 5.24 Å². The lowest BCUT2D eigenvalue weighted by Crippen LogP contribution is -2.49. The van der Waals surface area contributed by atoms with E-state index >= 15 is 0 Å². The van der Waals surface area contributed by atoms with Crippen LogP contribution < -0.4 is 15.5 Å². The second-order valence-electron chi connectivity index (χ2n) is 7.16. The normalized spacial score (nSPS) is 19.1. The van der Waals surface area contributed by atoms with Crippen LogP contribution in [0.2, 0.25) is 0 Å². The molecule has 3 heterocycles. The summed E-state index contributed by atoms with van der Waals surface area (Å²) in [5.74, 6) is 0.704. The number of nitrogens with one attached hydrogen (secondary N) is 2. The predicted octanol–water partition coefficient (Wildman–Crippen LogP) is 2.46. The van der Waals surface area contributed by atoms with Crippen LogP contribution in [0.1, 0.15) is 18.4 Å². The minimum Gasteiger partial charge on any atom is -0.339 e. The van der Waals surface area contributed by atoms with E-state index in [9.17, 15) is 14.4 Å². The van der Waals surface area contributed by atoms with Crippen molar-refractivity contribution in [3.63, 3.8) is 0 Å². The van der Waals surface area contributed by atoms with Crippen molar-refractivity contribution in [1.29, 1.82) is 0 Å². The number of urea groups is 1. The Kier molecular flexibility index (Phi) is 6.12. The van der Waals surface area contributed by atoms with Gasteiger partial charge in [-0.05, 0) is 36.6 Å². The van der Waals surface area contributed by atoms with Crippen molar-refractivity contribution < 1.29 is 14.4 Å². The highest BCUT2D eigenvalue weighted by Crippen LogP contribution is 2.22. The van der Waals surface area contributed by atoms with Crippen molar-refractivity contribution in [2.45, 2.75) is 25.4 Å². The Labute approximate surface area is 178 Å². The molecule has 9 nitrogen and oxygen atoms in total. The SMILES string of the molecule is O=C(Nc1ccc(CN2C(=O)CSC2=O)cc1)NC1CCCN(c2ncccn2)C1. The fourth-order valence-corrected chi connectivity index (χ4v) is 4.22. The van der Waals surface area contributed by atoms with Crippen molar-refractivity contribution in [2.24, 2.45) is 0 Å². The number of benzene rings is 1. The maximum absolute atomic E-state index is 12.4. The summed E-state index contributed by atoms with van der Waals surface area (Å²) in [5.41, 5.74) is 1.47. The number of hydrogen-bond acceptors (Lipinski definition) is 7. The van der Waals surface area contributed by atoms with Crippen LogP contribution in [0, 0.1) is 0 Å². The first-order valence-electron chi connectivity index (χ1n) is 9.74. The molecule has 30 heavy (non-hydrogen) atoms. The van der Waals surface area contributed by atoms with Gasteiger partial charge in [0.15, 0.2) is 0 Å². The van der Waals surface area contributed by atoms with Crippen LogP contribution in [0.5, 0.6) is 0 Å². The lowest BCUT2D eigenvalue weighted by atomic mass is 10.1. The molecule has 0 aliphatic carbocycles. The Bertz CT molecular complexity index is 908. The maximum Gasteiger partial charge on any atom is 0.319 e. The fourth-order valence-electron chi connectivity index (χ4n) is 3.49. The van der Waals surface area contributed by atoms with Crippen molar-refractivity contribution in [1.82, 2.24) is 20.2 Å². The van der Waals surface area contributed by atoms with Crippen molar-refractivity contribution in [2.75, 3.05) is 29.1 Å². The molecule has 0 saturated carbocycles. The van der Waals surface area contributed by atoms with Gasteiger partial charge in [-0.15, -0.1) is 0 Å². The molecule has 1 atom stereocenters. The summed E-state index contributed by atoms with van der Waals surface area (Å²) in [5, 5.41) is 5.62. The summed E-state index contributed by atoms with van der Waals surface area (Å²) in [6, 6.07) is 8.64. The topological polar surface area (TPSA) is 108 Å². The van der Waals surface area contributed by atoms with Gasteiger partial charge in [-0.2, -0.15) is 0 Å². The third-order valence-electron chi connectivity index (χ3n) is 4.98. The maximum atomic E-state index is 12.4. The largest absolute Gasteiger partial charge is 0.339 e. The standard InChI is InChI=1S/C20H22N6O3S/c27-17-13-30-20(29)26(17)11-14-4-6-15(7-5-14)23-19(28)24-16-3-1-10-25(12-16)18-21-8-2-9-22-18/h2,4-9,16H,1,3,10-13H2,(H2,23,24,28). The van der Waals surface area contributed by atoms with E-state index in [0.29, 0.717) is 18.2 Å². The fraction of sp³-hybridized carbons (Fsp3) is 0.350. The Balaban J connectivity index is 1.28. The molecule has 1 aromatic carbocycles. The molecule has 0 radical (unpaired) electrons. The molecule has 2 fully saturated rings. The summed E-state index contributed by atoms with van der Waals surface area (Å²) < 4.78 is 0. The summed E-state index contributed by atoms with van der Waals surface area (Å²) in [6.07, 6.45) is 5.27. The number of nitrogens with zero attached hydrogens (tertiary/aromatic N) is 4. The van der Waals surface area contributed by atoms with Gasteiger partial charge in [-0.3, -0.25) is 14.5 Å². The molecular formula is C20H22N6O3S. The van der Waals surface area contributed by atoms with Crippen molar-refractivity contribution in [3.05, 3.63) is 48.3 Å². The molecule has 0 spiro atoms.